The van der Waals surface area contributed by atoms with Crippen LogP contribution in [0.15, 0.2) is 58.1 Å². The lowest BCUT2D eigenvalue weighted by molar-refractivity contribution is 0.203. The molecule has 144 valence electrons. The van der Waals surface area contributed by atoms with Gasteiger partial charge in [-0.1, -0.05) is 44.2 Å². The molecule has 2 aromatic rings. The quantitative estimate of drug-likeness (QED) is 0.254. The molecule has 0 fully saturated rings. The Hall–Kier alpha value is -1.54. The largest absolute Gasteiger partial charge is 0.469 e. The van der Waals surface area contributed by atoms with Crippen LogP contribution in [0.2, 0.25) is 0 Å². The summed E-state index contributed by atoms with van der Waals surface area (Å²) in [5, 5.41) is 6.67. The maximum atomic E-state index is 5.37. The zero-order valence-corrected chi connectivity index (χ0v) is 18.2. The van der Waals surface area contributed by atoms with Gasteiger partial charge in [-0.05, 0) is 17.7 Å². The van der Waals surface area contributed by atoms with Gasteiger partial charge < -0.3 is 19.8 Å². The molecule has 0 aliphatic rings. The highest BCUT2D eigenvalue weighted by Gasteiger charge is 2.20. The molecule has 5 nitrogen and oxygen atoms in total. The molecule has 0 amide bonds. The van der Waals surface area contributed by atoms with Crippen molar-refractivity contribution in [2.75, 3.05) is 33.4 Å². The molecule has 1 aromatic heterocycles. The summed E-state index contributed by atoms with van der Waals surface area (Å²) < 4.78 is 10.5. The zero-order valence-electron chi connectivity index (χ0n) is 15.8. The molecule has 2 N–H and O–H groups in total. The number of aliphatic imine (C=N–C) groups is 1. The summed E-state index contributed by atoms with van der Waals surface area (Å²) in [6, 6.07) is 14.4. The summed E-state index contributed by atoms with van der Waals surface area (Å²) in [4.78, 5) is 4.77. The van der Waals surface area contributed by atoms with Crippen molar-refractivity contribution in [3.8, 4) is 0 Å². The Bertz CT molecular complexity index is 628. The van der Waals surface area contributed by atoms with Gasteiger partial charge in [0.1, 0.15) is 5.76 Å². The summed E-state index contributed by atoms with van der Waals surface area (Å²) in [5.74, 6) is 1.76. The maximum absolute atomic E-state index is 5.37. The minimum Gasteiger partial charge on any atom is -0.469 e. The van der Waals surface area contributed by atoms with Crippen LogP contribution in [0.1, 0.15) is 25.2 Å². The molecule has 6 heteroatoms. The molecule has 26 heavy (non-hydrogen) atoms. The Balaban J connectivity index is 0.00000338. The van der Waals surface area contributed by atoms with E-state index in [1.165, 1.54) is 5.56 Å². The number of nitrogens with one attached hydrogen (secondary N) is 2. The van der Waals surface area contributed by atoms with Crippen LogP contribution in [-0.4, -0.2) is 39.3 Å². The van der Waals surface area contributed by atoms with Crippen molar-refractivity contribution in [3.63, 3.8) is 0 Å². The molecule has 1 aromatic carbocycles. The Morgan fingerprint density at radius 1 is 1.08 bits per heavy atom. The molecule has 1 heterocycles. The van der Waals surface area contributed by atoms with Gasteiger partial charge in [0.05, 0.1) is 19.4 Å². The highest BCUT2D eigenvalue weighted by molar-refractivity contribution is 14.0. The van der Waals surface area contributed by atoms with Crippen LogP contribution in [0.5, 0.6) is 0 Å². The summed E-state index contributed by atoms with van der Waals surface area (Å²) in [6.45, 7) is 7.23. The van der Waals surface area contributed by atoms with Crippen LogP contribution < -0.4 is 10.6 Å². The molecule has 0 bridgehead atoms. The second-order valence-electron chi connectivity index (χ2n) is 6.59. The van der Waals surface area contributed by atoms with E-state index < -0.39 is 0 Å². The smallest absolute Gasteiger partial charge is 0.191 e. The topological polar surface area (TPSA) is 58.8 Å². The molecule has 0 saturated carbocycles. The zero-order chi connectivity index (χ0) is 18.0. The third-order valence-electron chi connectivity index (χ3n) is 4.03. The molecule has 0 saturated heterocycles. The molecule has 0 aliphatic heterocycles. The first-order valence-corrected chi connectivity index (χ1v) is 8.71. The van der Waals surface area contributed by atoms with Crippen molar-refractivity contribution in [2.45, 2.75) is 25.7 Å². The van der Waals surface area contributed by atoms with Crippen molar-refractivity contribution >= 4 is 29.9 Å². The number of halogens is 1. The third kappa shape index (κ3) is 7.78. The number of nitrogens with zero attached hydrogens (tertiary/aromatic N) is 1. The fraction of sp³-hybridized carbons (Fsp3) is 0.450. The van der Waals surface area contributed by atoms with Gasteiger partial charge in [-0.2, -0.15) is 0 Å². The number of hydrogen-bond acceptors (Lipinski definition) is 3. The molecular formula is C20H30IN3O2. The average molecular weight is 471 g/mol. The maximum Gasteiger partial charge on any atom is 0.191 e. The van der Waals surface area contributed by atoms with E-state index >= 15 is 0 Å². The summed E-state index contributed by atoms with van der Waals surface area (Å²) >= 11 is 0. The van der Waals surface area contributed by atoms with Gasteiger partial charge in [0.25, 0.3) is 0 Å². The second-order valence-corrected chi connectivity index (χ2v) is 6.59. The van der Waals surface area contributed by atoms with E-state index in [9.17, 15) is 0 Å². The molecule has 0 unspecified atom stereocenters. The SMILES string of the molecule is COCCNC(=NCC(C)(C)c1ccccc1)NCCc1ccco1.I. The summed E-state index contributed by atoms with van der Waals surface area (Å²) in [7, 11) is 1.70. The van der Waals surface area contributed by atoms with Crippen molar-refractivity contribution < 1.29 is 9.15 Å². The minimum absolute atomic E-state index is 0. The third-order valence-corrected chi connectivity index (χ3v) is 4.03. The lowest BCUT2D eigenvalue weighted by Crippen LogP contribution is -2.41. The Morgan fingerprint density at radius 2 is 1.81 bits per heavy atom. The first-order chi connectivity index (χ1) is 12.1. The number of benzene rings is 1. The van der Waals surface area contributed by atoms with Crippen molar-refractivity contribution in [3.05, 3.63) is 60.1 Å². The fourth-order valence-corrected chi connectivity index (χ4v) is 2.46. The number of methoxy groups -OCH3 is 1. The molecule has 0 aliphatic carbocycles. The number of furan rings is 1. The first-order valence-electron chi connectivity index (χ1n) is 8.71. The predicted molar refractivity (Wildman–Crippen MR) is 117 cm³/mol. The minimum atomic E-state index is -0.0296. The normalized spacial score (nSPS) is 11.7. The fourth-order valence-electron chi connectivity index (χ4n) is 2.46. The van der Waals surface area contributed by atoms with E-state index in [0.29, 0.717) is 13.2 Å². The van der Waals surface area contributed by atoms with Gasteiger partial charge in [0, 0.05) is 32.0 Å². The van der Waals surface area contributed by atoms with Crippen molar-refractivity contribution in [2.24, 2.45) is 4.99 Å². The van der Waals surface area contributed by atoms with Crippen LogP contribution in [0, 0.1) is 0 Å². The summed E-state index contributed by atoms with van der Waals surface area (Å²) in [5.41, 5.74) is 1.25. The van der Waals surface area contributed by atoms with Crippen molar-refractivity contribution in [1.29, 1.82) is 0 Å². The number of rotatable bonds is 9. The van der Waals surface area contributed by atoms with Crippen LogP contribution in [0.4, 0.5) is 0 Å². The van der Waals surface area contributed by atoms with E-state index in [-0.39, 0.29) is 29.4 Å². The molecule has 0 spiro atoms. The van der Waals surface area contributed by atoms with Gasteiger partial charge in [-0.3, -0.25) is 4.99 Å². The van der Waals surface area contributed by atoms with E-state index in [4.69, 9.17) is 14.1 Å². The average Bonchev–Trinajstić information content (AvgIpc) is 3.13. The predicted octanol–water partition coefficient (Wildman–Crippen LogP) is 3.60. The molecule has 2 rings (SSSR count). The van der Waals surface area contributed by atoms with Gasteiger partial charge in [-0.25, -0.2) is 0 Å². The number of hydrogen-bond donors (Lipinski definition) is 2. The van der Waals surface area contributed by atoms with E-state index in [1.54, 1.807) is 13.4 Å². The van der Waals surface area contributed by atoms with Gasteiger partial charge in [-0.15, -0.1) is 24.0 Å². The molecule has 0 radical (unpaired) electrons. The lowest BCUT2D eigenvalue weighted by Gasteiger charge is -2.24. The van der Waals surface area contributed by atoms with Crippen LogP contribution >= 0.6 is 24.0 Å². The highest BCUT2D eigenvalue weighted by atomic mass is 127. The first kappa shape index (κ1) is 22.5. The standard InChI is InChI=1S/C20H29N3O2.HI/c1-20(2,17-8-5-4-6-9-17)16-23-19(22-13-15-24-3)21-12-11-18-10-7-14-25-18;/h4-10,14H,11-13,15-16H2,1-3H3,(H2,21,22,23);1H. The van der Waals surface area contributed by atoms with Crippen LogP contribution in [0.3, 0.4) is 0 Å². The monoisotopic (exact) mass is 471 g/mol. The van der Waals surface area contributed by atoms with Crippen LogP contribution in [-0.2, 0) is 16.6 Å². The van der Waals surface area contributed by atoms with E-state index in [1.807, 2.05) is 18.2 Å². The molecule has 0 atom stereocenters. The Kier molecular flexibility index (Phi) is 10.3. The number of ether oxygens (including phenoxy) is 1. The van der Waals surface area contributed by atoms with E-state index in [2.05, 4.69) is 48.7 Å². The van der Waals surface area contributed by atoms with Crippen LogP contribution in [0.25, 0.3) is 0 Å². The summed E-state index contributed by atoms with van der Waals surface area (Å²) in [6.07, 6.45) is 2.52. The van der Waals surface area contributed by atoms with Gasteiger partial charge >= 0.3 is 0 Å². The highest BCUT2D eigenvalue weighted by Crippen LogP contribution is 2.22. The number of guanidine groups is 1. The molecular weight excluding hydrogens is 441 g/mol. The second kappa shape index (κ2) is 12.0. The van der Waals surface area contributed by atoms with Gasteiger partial charge in [0.2, 0.25) is 0 Å². The van der Waals surface area contributed by atoms with E-state index in [0.717, 1.165) is 31.2 Å². The Labute approximate surface area is 173 Å². The lowest BCUT2D eigenvalue weighted by atomic mass is 9.85. The van der Waals surface area contributed by atoms with Gasteiger partial charge in [0.15, 0.2) is 5.96 Å². The Morgan fingerprint density at radius 3 is 2.46 bits per heavy atom. The van der Waals surface area contributed by atoms with Crippen molar-refractivity contribution in [1.82, 2.24) is 10.6 Å².